The maximum Gasteiger partial charge on any atom is 0.234 e. The molecule has 1 aromatic heterocycles. The molecular formula is C19H30N4O3. The molecule has 26 heavy (non-hydrogen) atoms. The van der Waals surface area contributed by atoms with Gasteiger partial charge in [0.25, 0.3) is 0 Å². The molecule has 2 aliphatic rings. The lowest BCUT2D eigenvalue weighted by atomic mass is 9.75. The highest BCUT2D eigenvalue weighted by molar-refractivity contribution is 5.78. The van der Waals surface area contributed by atoms with E-state index >= 15 is 0 Å². The summed E-state index contributed by atoms with van der Waals surface area (Å²) in [6.07, 6.45) is 4.02. The summed E-state index contributed by atoms with van der Waals surface area (Å²) in [5.74, 6) is 0.845. The van der Waals surface area contributed by atoms with Crippen LogP contribution in [0.3, 0.4) is 0 Å². The number of rotatable bonds is 6. The van der Waals surface area contributed by atoms with E-state index in [1.165, 1.54) is 0 Å². The zero-order valence-corrected chi connectivity index (χ0v) is 15.7. The monoisotopic (exact) mass is 362 g/mol. The van der Waals surface area contributed by atoms with E-state index in [-0.39, 0.29) is 24.0 Å². The fourth-order valence-corrected chi connectivity index (χ4v) is 3.75. The standard InChI is InChI=1S/C19H30N4O3/c1-22-6-3-7-23(9-8-22)13-17(25)21-19(15-10-16(24)11-15)14-4-5-18(26-2)20-12-14/h4-5,12,15-16,19,24H,3,6-11,13H2,1-2H3,(H,21,25)/t15?,16?,19-/m1/s1. The van der Waals surface area contributed by atoms with Crippen molar-refractivity contribution < 1.29 is 14.6 Å². The molecule has 1 amide bonds. The van der Waals surface area contributed by atoms with E-state index in [9.17, 15) is 9.90 Å². The third-order valence-electron chi connectivity index (χ3n) is 5.44. The SMILES string of the molecule is COc1ccc([C@@H](NC(=O)CN2CCCN(C)CC2)C2CC(O)C2)cn1. The number of likely N-dealkylation sites (N-methyl/N-ethyl adjacent to an activating group) is 1. The van der Waals surface area contributed by atoms with Crippen molar-refractivity contribution in [2.45, 2.75) is 31.4 Å². The second kappa shape index (κ2) is 8.79. The number of carbonyl (C=O) groups excluding carboxylic acids is 1. The lowest BCUT2D eigenvalue weighted by Gasteiger charge is -2.38. The number of hydrogen-bond donors (Lipinski definition) is 2. The van der Waals surface area contributed by atoms with Gasteiger partial charge in [0, 0.05) is 25.4 Å². The van der Waals surface area contributed by atoms with Crippen LogP contribution in [0.25, 0.3) is 0 Å². The van der Waals surface area contributed by atoms with Crippen LogP contribution in [0.5, 0.6) is 5.88 Å². The minimum atomic E-state index is -0.258. The van der Waals surface area contributed by atoms with Crippen molar-refractivity contribution >= 4 is 5.91 Å². The van der Waals surface area contributed by atoms with Crippen LogP contribution in [0.1, 0.15) is 30.9 Å². The minimum absolute atomic E-state index is 0.0387. The second-order valence-electron chi connectivity index (χ2n) is 7.50. The normalized spacial score (nSPS) is 25.8. The van der Waals surface area contributed by atoms with E-state index in [0.717, 1.165) is 38.2 Å². The average molecular weight is 362 g/mol. The van der Waals surface area contributed by atoms with Crippen molar-refractivity contribution in [3.05, 3.63) is 23.9 Å². The summed E-state index contributed by atoms with van der Waals surface area (Å²) in [7, 11) is 3.71. The Morgan fingerprint density at radius 2 is 2.15 bits per heavy atom. The van der Waals surface area contributed by atoms with Gasteiger partial charge >= 0.3 is 0 Å². The zero-order valence-electron chi connectivity index (χ0n) is 15.7. The van der Waals surface area contributed by atoms with Gasteiger partial charge in [-0.05, 0) is 50.9 Å². The van der Waals surface area contributed by atoms with E-state index in [2.05, 4.69) is 27.1 Å². The molecule has 1 aliphatic carbocycles. The van der Waals surface area contributed by atoms with E-state index in [0.29, 0.717) is 25.3 Å². The number of nitrogens with zero attached hydrogens (tertiary/aromatic N) is 3. The Morgan fingerprint density at radius 3 is 2.81 bits per heavy atom. The molecule has 3 rings (SSSR count). The van der Waals surface area contributed by atoms with E-state index < -0.39 is 0 Å². The summed E-state index contributed by atoms with van der Waals surface area (Å²) in [5.41, 5.74) is 0.964. The molecule has 1 saturated carbocycles. The lowest BCUT2D eigenvalue weighted by molar-refractivity contribution is -0.124. The van der Waals surface area contributed by atoms with Crippen molar-refractivity contribution in [2.24, 2.45) is 5.92 Å². The maximum absolute atomic E-state index is 12.7. The van der Waals surface area contributed by atoms with Gasteiger partial charge in [-0.15, -0.1) is 0 Å². The van der Waals surface area contributed by atoms with Gasteiger partial charge in [0.1, 0.15) is 0 Å². The highest BCUT2D eigenvalue weighted by Gasteiger charge is 2.36. The lowest BCUT2D eigenvalue weighted by Crippen LogP contribution is -2.45. The van der Waals surface area contributed by atoms with Gasteiger partial charge in [0.15, 0.2) is 0 Å². The first-order valence-electron chi connectivity index (χ1n) is 9.43. The number of aliphatic hydroxyl groups is 1. The Bertz CT molecular complexity index is 589. The number of hydrogen-bond acceptors (Lipinski definition) is 6. The van der Waals surface area contributed by atoms with Gasteiger partial charge in [-0.3, -0.25) is 9.69 Å². The molecule has 1 saturated heterocycles. The number of amides is 1. The topological polar surface area (TPSA) is 77.9 Å². The van der Waals surface area contributed by atoms with Crippen LogP contribution in [0, 0.1) is 5.92 Å². The molecule has 2 fully saturated rings. The zero-order chi connectivity index (χ0) is 18.5. The Labute approximate surface area is 155 Å². The quantitative estimate of drug-likeness (QED) is 0.774. The first kappa shape index (κ1) is 19.1. The fourth-order valence-electron chi connectivity index (χ4n) is 3.75. The van der Waals surface area contributed by atoms with Crippen LogP contribution in [0.4, 0.5) is 0 Å². The number of carbonyl (C=O) groups is 1. The molecule has 0 radical (unpaired) electrons. The smallest absolute Gasteiger partial charge is 0.234 e. The second-order valence-corrected chi connectivity index (χ2v) is 7.50. The third-order valence-corrected chi connectivity index (χ3v) is 5.44. The molecule has 1 aliphatic heterocycles. The Balaban J connectivity index is 1.62. The predicted molar refractivity (Wildman–Crippen MR) is 99.0 cm³/mol. The maximum atomic E-state index is 12.7. The molecule has 144 valence electrons. The van der Waals surface area contributed by atoms with Gasteiger partial charge in [-0.25, -0.2) is 4.98 Å². The molecule has 7 heteroatoms. The molecule has 1 aromatic rings. The number of ether oxygens (including phenoxy) is 1. The van der Waals surface area contributed by atoms with Gasteiger partial charge in [-0.2, -0.15) is 0 Å². The highest BCUT2D eigenvalue weighted by atomic mass is 16.5. The van der Waals surface area contributed by atoms with Crippen molar-refractivity contribution in [3.8, 4) is 5.88 Å². The van der Waals surface area contributed by atoms with Crippen LogP contribution < -0.4 is 10.1 Å². The highest BCUT2D eigenvalue weighted by Crippen LogP contribution is 2.38. The van der Waals surface area contributed by atoms with Crippen LogP contribution in [-0.4, -0.2) is 78.8 Å². The largest absolute Gasteiger partial charge is 0.481 e. The third kappa shape index (κ3) is 4.93. The van der Waals surface area contributed by atoms with Crippen LogP contribution in [-0.2, 0) is 4.79 Å². The molecule has 0 aromatic carbocycles. The van der Waals surface area contributed by atoms with E-state index in [4.69, 9.17) is 4.74 Å². The fraction of sp³-hybridized carbons (Fsp3) is 0.684. The molecule has 0 unspecified atom stereocenters. The van der Waals surface area contributed by atoms with Gasteiger partial charge in [0.05, 0.1) is 25.8 Å². The van der Waals surface area contributed by atoms with Crippen molar-refractivity contribution in [3.63, 3.8) is 0 Å². The van der Waals surface area contributed by atoms with E-state index in [1.54, 1.807) is 13.3 Å². The molecule has 2 N–H and O–H groups in total. The predicted octanol–water partition coefficient (Wildman–Crippen LogP) is 0.656. The number of nitrogens with one attached hydrogen (secondary N) is 1. The average Bonchev–Trinajstić information content (AvgIpc) is 2.82. The Kier molecular flexibility index (Phi) is 6.45. The Hall–Kier alpha value is -1.70. The minimum Gasteiger partial charge on any atom is -0.481 e. The Morgan fingerprint density at radius 1 is 1.35 bits per heavy atom. The van der Waals surface area contributed by atoms with Gasteiger partial charge in [-0.1, -0.05) is 6.07 Å². The molecule has 7 nitrogen and oxygen atoms in total. The summed E-state index contributed by atoms with van der Waals surface area (Å²) in [4.78, 5) is 21.5. The van der Waals surface area contributed by atoms with Crippen LogP contribution in [0.15, 0.2) is 18.3 Å². The number of aliphatic hydroxyl groups excluding tert-OH is 1. The molecule has 1 atom stereocenters. The first-order valence-corrected chi connectivity index (χ1v) is 9.43. The van der Waals surface area contributed by atoms with Gasteiger partial charge in [0.2, 0.25) is 11.8 Å². The first-order chi connectivity index (χ1) is 12.5. The number of pyridine rings is 1. The molecular weight excluding hydrogens is 332 g/mol. The number of methoxy groups -OCH3 is 1. The summed E-state index contributed by atoms with van der Waals surface area (Å²) < 4.78 is 5.12. The van der Waals surface area contributed by atoms with Crippen molar-refractivity contribution in [1.82, 2.24) is 20.1 Å². The van der Waals surface area contributed by atoms with Crippen molar-refractivity contribution in [2.75, 3.05) is 46.9 Å². The summed E-state index contributed by atoms with van der Waals surface area (Å²) in [6, 6.07) is 3.65. The molecule has 2 heterocycles. The van der Waals surface area contributed by atoms with E-state index in [1.807, 2.05) is 12.1 Å². The summed E-state index contributed by atoms with van der Waals surface area (Å²) in [5, 5.41) is 12.9. The number of aromatic nitrogens is 1. The summed E-state index contributed by atoms with van der Waals surface area (Å²) >= 11 is 0. The molecule has 0 bridgehead atoms. The van der Waals surface area contributed by atoms with Gasteiger partial charge < -0.3 is 20.1 Å². The van der Waals surface area contributed by atoms with Crippen molar-refractivity contribution in [1.29, 1.82) is 0 Å². The summed E-state index contributed by atoms with van der Waals surface area (Å²) in [6.45, 7) is 4.37. The van der Waals surface area contributed by atoms with Crippen LogP contribution in [0.2, 0.25) is 0 Å². The van der Waals surface area contributed by atoms with Crippen LogP contribution >= 0.6 is 0 Å². The molecule has 0 spiro atoms.